The molecule has 1 saturated heterocycles. The van der Waals surface area contributed by atoms with Crippen molar-refractivity contribution in [1.29, 1.82) is 0 Å². The summed E-state index contributed by atoms with van der Waals surface area (Å²) in [5.74, 6) is -3.38. The number of fused-ring (bicyclic) bond motifs is 3. The van der Waals surface area contributed by atoms with Gasteiger partial charge >= 0.3 is 6.09 Å². The molecule has 3 heterocycles. The third-order valence-electron chi connectivity index (χ3n) is 11.1. The summed E-state index contributed by atoms with van der Waals surface area (Å²) in [6.45, 7) is 1.57. The van der Waals surface area contributed by atoms with Gasteiger partial charge in [-0.3, -0.25) is 24.0 Å². The van der Waals surface area contributed by atoms with Gasteiger partial charge in [0.15, 0.2) is 0 Å². The lowest BCUT2D eigenvalue weighted by Gasteiger charge is -2.30. The summed E-state index contributed by atoms with van der Waals surface area (Å²) >= 11 is 0. The summed E-state index contributed by atoms with van der Waals surface area (Å²) in [7, 11) is -4.01. The van der Waals surface area contributed by atoms with Crippen molar-refractivity contribution in [3.05, 3.63) is 77.4 Å². The van der Waals surface area contributed by atoms with Crippen LogP contribution in [0.25, 0.3) is 0 Å². The molecule has 3 N–H and O–H groups in total. The second-order valence-corrected chi connectivity index (χ2v) is 17.1. The first kappa shape index (κ1) is 35.9. The Bertz CT molecular complexity index is 1920. The quantitative estimate of drug-likeness (QED) is 0.372. The van der Waals surface area contributed by atoms with Gasteiger partial charge in [0.05, 0.1) is 17.8 Å². The predicted molar refractivity (Wildman–Crippen MR) is 186 cm³/mol. The number of amides is 4. The molecule has 52 heavy (non-hydrogen) atoms. The van der Waals surface area contributed by atoms with Crippen molar-refractivity contribution in [3.8, 4) is 0 Å². The van der Waals surface area contributed by atoms with Gasteiger partial charge in [0.25, 0.3) is 5.91 Å². The van der Waals surface area contributed by atoms with Crippen molar-refractivity contribution < 1.29 is 41.1 Å². The van der Waals surface area contributed by atoms with Gasteiger partial charge in [-0.15, -0.1) is 0 Å². The van der Waals surface area contributed by atoms with Crippen LogP contribution in [-0.2, 0) is 42.2 Å². The molecule has 5 atom stereocenters. The molecule has 7 rings (SSSR count). The SMILES string of the molecule is CC1(S(=O)(=O)NC(=O)[C@@]23C[C@H]2C=CCCCCC[C@H](Nc2cccc(F)c2)C(=O)N2C[C@H](OC(=O)N4Cc5cccc(F)c5C4)C[C@H]2C(=O)N3)CC1. The largest absolute Gasteiger partial charge is 0.444 e. The van der Waals surface area contributed by atoms with Gasteiger partial charge in [-0.05, 0) is 75.3 Å². The topological polar surface area (TPSA) is 154 Å². The van der Waals surface area contributed by atoms with Gasteiger partial charge in [0.2, 0.25) is 21.8 Å². The third-order valence-corrected chi connectivity index (χ3v) is 13.3. The maximum Gasteiger partial charge on any atom is 0.410 e. The number of hydrogen-bond acceptors (Lipinski definition) is 8. The Morgan fingerprint density at radius 1 is 1.04 bits per heavy atom. The fourth-order valence-electron chi connectivity index (χ4n) is 7.45. The third kappa shape index (κ3) is 7.11. The monoisotopic (exact) mass is 739 g/mol. The number of hydrogen-bond donors (Lipinski definition) is 3. The highest BCUT2D eigenvalue weighted by molar-refractivity contribution is 7.91. The predicted octanol–water partition coefficient (Wildman–Crippen LogP) is 4.26. The maximum absolute atomic E-state index is 14.4. The fourth-order valence-corrected chi connectivity index (χ4v) is 8.77. The number of nitrogens with zero attached hydrogens (tertiary/aromatic N) is 2. The summed E-state index contributed by atoms with van der Waals surface area (Å²) < 4.78 is 61.7. The first-order valence-corrected chi connectivity index (χ1v) is 19.4. The van der Waals surface area contributed by atoms with Crippen molar-refractivity contribution >= 4 is 39.5 Å². The Hall–Kier alpha value is -4.53. The molecule has 15 heteroatoms. The molecule has 3 aliphatic heterocycles. The molecule has 0 spiro atoms. The van der Waals surface area contributed by atoms with E-state index >= 15 is 0 Å². The van der Waals surface area contributed by atoms with Gasteiger partial charge in [0, 0.05) is 30.1 Å². The molecule has 5 aliphatic rings. The summed E-state index contributed by atoms with van der Waals surface area (Å²) in [4.78, 5) is 58.5. The smallest absolute Gasteiger partial charge is 0.410 e. The average Bonchev–Trinajstić information content (AvgIpc) is 3.89. The first-order chi connectivity index (χ1) is 24.8. The van der Waals surface area contributed by atoms with Crippen LogP contribution in [0.4, 0.5) is 19.3 Å². The molecule has 2 aromatic rings. The summed E-state index contributed by atoms with van der Waals surface area (Å²) in [6, 6.07) is 8.29. The van der Waals surface area contributed by atoms with Crippen LogP contribution in [0, 0.1) is 17.6 Å². The second kappa shape index (κ2) is 13.8. The van der Waals surface area contributed by atoms with Crippen molar-refractivity contribution in [3.63, 3.8) is 0 Å². The number of anilines is 1. The molecule has 0 bridgehead atoms. The number of halogens is 2. The molecule has 3 fully saturated rings. The van der Waals surface area contributed by atoms with Crippen LogP contribution in [0.1, 0.15) is 75.8 Å². The zero-order valence-corrected chi connectivity index (χ0v) is 29.7. The normalized spacial score (nSPS) is 28.4. The molecule has 278 valence electrons. The molecular weight excluding hydrogens is 696 g/mol. The number of benzene rings is 2. The summed E-state index contributed by atoms with van der Waals surface area (Å²) in [5, 5.41) is 5.96. The number of carbonyl (C=O) groups excluding carboxylic acids is 4. The van der Waals surface area contributed by atoms with Crippen LogP contribution >= 0.6 is 0 Å². The Morgan fingerprint density at radius 3 is 2.58 bits per heavy atom. The Labute approximate surface area is 301 Å². The zero-order chi connectivity index (χ0) is 36.8. The second-order valence-electron chi connectivity index (χ2n) is 14.9. The minimum atomic E-state index is -4.01. The molecule has 4 amide bonds. The highest BCUT2D eigenvalue weighted by Gasteiger charge is 2.63. The highest BCUT2D eigenvalue weighted by atomic mass is 32.2. The van der Waals surface area contributed by atoms with Gasteiger partial charge in [-0.1, -0.05) is 43.2 Å². The molecule has 0 aromatic heterocycles. The van der Waals surface area contributed by atoms with Gasteiger partial charge in [-0.2, -0.15) is 0 Å². The highest BCUT2D eigenvalue weighted by Crippen LogP contribution is 2.47. The molecule has 2 aliphatic carbocycles. The summed E-state index contributed by atoms with van der Waals surface area (Å²) in [5.41, 5.74) is -0.120. The summed E-state index contributed by atoms with van der Waals surface area (Å²) in [6.07, 6.45) is 6.27. The lowest BCUT2D eigenvalue weighted by atomic mass is 10.0. The minimum Gasteiger partial charge on any atom is -0.444 e. The Morgan fingerprint density at radius 2 is 1.83 bits per heavy atom. The van der Waals surface area contributed by atoms with Crippen LogP contribution in [0.5, 0.6) is 0 Å². The number of sulfonamides is 1. The van der Waals surface area contributed by atoms with Crippen molar-refractivity contribution in [2.24, 2.45) is 5.92 Å². The number of carbonyl (C=O) groups is 4. The van der Waals surface area contributed by atoms with E-state index in [-0.39, 0.29) is 32.5 Å². The van der Waals surface area contributed by atoms with Gasteiger partial charge in [-0.25, -0.2) is 22.0 Å². The van der Waals surface area contributed by atoms with Crippen molar-refractivity contribution in [2.45, 2.75) is 106 Å². The number of ether oxygens (including phenoxy) is 1. The lowest BCUT2D eigenvalue weighted by molar-refractivity contribution is -0.140. The first-order valence-electron chi connectivity index (χ1n) is 17.9. The molecule has 2 saturated carbocycles. The van der Waals surface area contributed by atoms with E-state index in [2.05, 4.69) is 15.4 Å². The number of nitrogens with one attached hydrogen (secondary N) is 3. The Balaban J connectivity index is 1.15. The molecule has 0 radical (unpaired) electrons. The van der Waals surface area contributed by atoms with E-state index in [1.165, 1.54) is 34.1 Å². The van der Waals surface area contributed by atoms with Gasteiger partial charge in [0.1, 0.15) is 35.4 Å². The van der Waals surface area contributed by atoms with Crippen LogP contribution in [0.3, 0.4) is 0 Å². The van der Waals surface area contributed by atoms with E-state index < -0.39 is 79.9 Å². The lowest BCUT2D eigenvalue weighted by Crippen LogP contribution is -2.58. The average molecular weight is 740 g/mol. The van der Waals surface area contributed by atoms with E-state index in [4.69, 9.17) is 4.74 Å². The zero-order valence-electron chi connectivity index (χ0n) is 28.9. The van der Waals surface area contributed by atoms with E-state index in [0.29, 0.717) is 48.9 Å². The number of rotatable bonds is 6. The van der Waals surface area contributed by atoms with Gasteiger partial charge < -0.3 is 20.3 Å². The number of allylic oxidation sites excluding steroid dienone is 1. The van der Waals surface area contributed by atoms with Crippen LogP contribution in [-0.4, -0.2) is 77.1 Å². The molecular formula is C37H43F2N5O7S. The molecule has 2 aromatic carbocycles. The van der Waals surface area contributed by atoms with E-state index in [1.807, 2.05) is 12.2 Å². The molecule has 12 nitrogen and oxygen atoms in total. The maximum atomic E-state index is 14.4. The van der Waals surface area contributed by atoms with Crippen LogP contribution in [0.2, 0.25) is 0 Å². The van der Waals surface area contributed by atoms with E-state index in [1.54, 1.807) is 25.1 Å². The minimum absolute atomic E-state index is 0.00817. The fraction of sp³-hybridized carbons (Fsp3) is 0.514. The van der Waals surface area contributed by atoms with Crippen molar-refractivity contribution in [1.82, 2.24) is 19.8 Å². The van der Waals surface area contributed by atoms with Crippen molar-refractivity contribution in [2.75, 3.05) is 11.9 Å². The standard InChI is InChI=1S/C37H43F2N5O7S/c1-36(15-16-36)52(49,50)42-34(47)37-19-24(37)10-5-3-2-4-6-14-30(40-26-12-8-11-25(38)17-26)33(46)44-21-27(18-31(44)32(45)41-37)51-35(48)43-20-23-9-7-13-29(39)28(23)22-43/h5,7-13,17,24,27,30-31,40H,2-4,6,14-16,18-22H2,1H3,(H,41,45)(H,42,47)/t24-,27-,30+,31+,37-/m1/s1. The van der Waals surface area contributed by atoms with E-state index in [9.17, 15) is 36.4 Å². The van der Waals surface area contributed by atoms with Crippen LogP contribution in [0.15, 0.2) is 54.6 Å². The molecule has 0 unspecified atom stereocenters. The van der Waals surface area contributed by atoms with Crippen LogP contribution < -0.4 is 15.4 Å². The Kier molecular flexibility index (Phi) is 9.51. The van der Waals surface area contributed by atoms with E-state index in [0.717, 1.165) is 12.8 Å².